The zero-order valence-electron chi connectivity index (χ0n) is 10.9. The monoisotopic (exact) mass is 244 g/mol. The highest BCUT2D eigenvalue weighted by atomic mass is 19.1. The number of aryl methyl sites for hydroxylation is 2. The van der Waals surface area contributed by atoms with Crippen LogP contribution in [-0.4, -0.2) is 4.98 Å². The van der Waals surface area contributed by atoms with Gasteiger partial charge in [-0.1, -0.05) is 12.1 Å². The average molecular weight is 244 g/mol. The molecule has 0 saturated heterocycles. The number of nitrogens with one attached hydrogen (secondary N) is 1. The summed E-state index contributed by atoms with van der Waals surface area (Å²) in [6.07, 6.45) is 3.55. The minimum atomic E-state index is -0.163. The summed E-state index contributed by atoms with van der Waals surface area (Å²) in [4.78, 5) is 4.09. The van der Waals surface area contributed by atoms with E-state index in [4.69, 9.17) is 0 Å². The molecule has 0 saturated carbocycles. The van der Waals surface area contributed by atoms with Crippen molar-refractivity contribution in [3.8, 4) is 0 Å². The van der Waals surface area contributed by atoms with Crippen molar-refractivity contribution in [2.24, 2.45) is 0 Å². The molecule has 0 aliphatic heterocycles. The first-order valence-corrected chi connectivity index (χ1v) is 6.01. The molecule has 0 spiro atoms. The maximum atomic E-state index is 13.5. The second-order valence-electron chi connectivity index (χ2n) is 4.57. The van der Waals surface area contributed by atoms with E-state index in [2.05, 4.69) is 10.3 Å². The summed E-state index contributed by atoms with van der Waals surface area (Å²) in [6.45, 7) is 5.80. The highest BCUT2D eigenvalue weighted by Gasteiger charge is 2.08. The SMILES string of the molecule is Cc1ccc(C(C)Nc2cnccc2C)cc1F. The van der Waals surface area contributed by atoms with E-state index in [1.165, 1.54) is 0 Å². The Hall–Kier alpha value is -1.90. The van der Waals surface area contributed by atoms with Gasteiger partial charge in [0.2, 0.25) is 0 Å². The van der Waals surface area contributed by atoms with Gasteiger partial charge in [-0.3, -0.25) is 4.98 Å². The fourth-order valence-electron chi connectivity index (χ4n) is 1.81. The molecule has 2 rings (SSSR count). The van der Waals surface area contributed by atoms with Crippen LogP contribution in [0.15, 0.2) is 36.7 Å². The topological polar surface area (TPSA) is 24.9 Å². The molecule has 0 aliphatic carbocycles. The number of halogens is 1. The van der Waals surface area contributed by atoms with E-state index in [-0.39, 0.29) is 11.9 Å². The Balaban J connectivity index is 2.19. The molecule has 1 unspecified atom stereocenters. The van der Waals surface area contributed by atoms with E-state index in [1.807, 2.05) is 26.0 Å². The molecule has 2 aromatic rings. The predicted octanol–water partition coefficient (Wildman–Crippen LogP) is 4.01. The van der Waals surface area contributed by atoms with E-state index in [0.717, 1.165) is 16.8 Å². The fraction of sp³-hybridized carbons (Fsp3) is 0.267. The van der Waals surface area contributed by atoms with Crippen molar-refractivity contribution in [2.75, 3.05) is 5.32 Å². The van der Waals surface area contributed by atoms with Gasteiger partial charge < -0.3 is 5.32 Å². The van der Waals surface area contributed by atoms with Crippen molar-refractivity contribution in [2.45, 2.75) is 26.8 Å². The number of pyridine rings is 1. The summed E-state index contributed by atoms with van der Waals surface area (Å²) in [5.74, 6) is -0.163. The fourth-order valence-corrected chi connectivity index (χ4v) is 1.81. The number of hydrogen-bond acceptors (Lipinski definition) is 2. The second kappa shape index (κ2) is 5.17. The van der Waals surface area contributed by atoms with Gasteiger partial charge in [0.1, 0.15) is 5.82 Å². The number of aromatic nitrogens is 1. The normalized spacial score (nSPS) is 12.2. The molecule has 1 aromatic carbocycles. The van der Waals surface area contributed by atoms with Crippen molar-refractivity contribution in [3.63, 3.8) is 0 Å². The summed E-state index contributed by atoms with van der Waals surface area (Å²) >= 11 is 0. The Labute approximate surface area is 107 Å². The lowest BCUT2D eigenvalue weighted by atomic mass is 10.1. The summed E-state index contributed by atoms with van der Waals surface area (Å²) < 4.78 is 13.5. The van der Waals surface area contributed by atoms with E-state index in [1.54, 1.807) is 31.5 Å². The van der Waals surface area contributed by atoms with Crippen LogP contribution < -0.4 is 5.32 Å². The minimum absolute atomic E-state index is 0.0444. The van der Waals surface area contributed by atoms with Gasteiger partial charge in [-0.05, 0) is 49.6 Å². The molecule has 0 aliphatic rings. The van der Waals surface area contributed by atoms with E-state index < -0.39 is 0 Å². The van der Waals surface area contributed by atoms with Crippen molar-refractivity contribution in [3.05, 3.63) is 59.2 Å². The lowest BCUT2D eigenvalue weighted by Crippen LogP contribution is -2.08. The van der Waals surface area contributed by atoms with Crippen LogP contribution >= 0.6 is 0 Å². The Bertz CT molecular complexity index is 552. The number of benzene rings is 1. The maximum Gasteiger partial charge on any atom is 0.126 e. The van der Waals surface area contributed by atoms with Gasteiger partial charge in [-0.2, -0.15) is 0 Å². The molecule has 0 radical (unpaired) electrons. The second-order valence-corrected chi connectivity index (χ2v) is 4.57. The molecule has 1 N–H and O–H groups in total. The van der Waals surface area contributed by atoms with E-state index in [0.29, 0.717) is 5.56 Å². The van der Waals surface area contributed by atoms with Crippen molar-refractivity contribution >= 4 is 5.69 Å². The Morgan fingerprint density at radius 1 is 1.17 bits per heavy atom. The smallest absolute Gasteiger partial charge is 0.126 e. The highest BCUT2D eigenvalue weighted by molar-refractivity contribution is 5.49. The first-order chi connectivity index (χ1) is 8.58. The lowest BCUT2D eigenvalue weighted by Gasteiger charge is -2.17. The zero-order chi connectivity index (χ0) is 13.1. The lowest BCUT2D eigenvalue weighted by molar-refractivity contribution is 0.614. The van der Waals surface area contributed by atoms with Crippen molar-refractivity contribution in [1.82, 2.24) is 4.98 Å². The zero-order valence-corrected chi connectivity index (χ0v) is 10.9. The van der Waals surface area contributed by atoms with Gasteiger partial charge in [0.25, 0.3) is 0 Å². The first kappa shape index (κ1) is 12.6. The van der Waals surface area contributed by atoms with E-state index >= 15 is 0 Å². The van der Waals surface area contributed by atoms with Crippen molar-refractivity contribution in [1.29, 1.82) is 0 Å². The van der Waals surface area contributed by atoms with Gasteiger partial charge >= 0.3 is 0 Å². The molecule has 0 bridgehead atoms. The first-order valence-electron chi connectivity index (χ1n) is 6.01. The van der Waals surface area contributed by atoms with Crippen LogP contribution in [0, 0.1) is 19.7 Å². The molecular weight excluding hydrogens is 227 g/mol. The van der Waals surface area contributed by atoms with Gasteiger partial charge in [-0.15, -0.1) is 0 Å². The summed E-state index contributed by atoms with van der Waals surface area (Å²) in [5.41, 5.74) is 3.71. The molecule has 94 valence electrons. The predicted molar refractivity (Wildman–Crippen MR) is 72.1 cm³/mol. The van der Waals surface area contributed by atoms with E-state index in [9.17, 15) is 4.39 Å². The van der Waals surface area contributed by atoms with Gasteiger partial charge in [0, 0.05) is 12.2 Å². The Morgan fingerprint density at radius 3 is 2.61 bits per heavy atom. The minimum Gasteiger partial charge on any atom is -0.377 e. The number of hydrogen-bond donors (Lipinski definition) is 1. The Kier molecular flexibility index (Phi) is 3.60. The van der Waals surface area contributed by atoms with Crippen molar-refractivity contribution < 1.29 is 4.39 Å². The molecule has 2 nitrogen and oxygen atoms in total. The highest BCUT2D eigenvalue weighted by Crippen LogP contribution is 2.22. The summed E-state index contributed by atoms with van der Waals surface area (Å²) in [6, 6.07) is 7.33. The third kappa shape index (κ3) is 2.67. The van der Waals surface area contributed by atoms with Crippen LogP contribution in [0.4, 0.5) is 10.1 Å². The standard InChI is InChI=1S/C15H17FN2/c1-10-4-5-13(8-14(10)16)12(3)18-15-9-17-7-6-11(15)2/h4-9,12,18H,1-3H3. The summed E-state index contributed by atoms with van der Waals surface area (Å²) in [7, 11) is 0. The van der Waals surface area contributed by atoms with Gasteiger partial charge in [0.15, 0.2) is 0 Å². The molecular formula is C15H17FN2. The van der Waals surface area contributed by atoms with Gasteiger partial charge in [-0.25, -0.2) is 4.39 Å². The number of rotatable bonds is 3. The van der Waals surface area contributed by atoms with Crippen LogP contribution in [0.1, 0.15) is 29.7 Å². The quantitative estimate of drug-likeness (QED) is 0.882. The van der Waals surface area contributed by atoms with Crippen LogP contribution in [0.5, 0.6) is 0 Å². The molecule has 18 heavy (non-hydrogen) atoms. The van der Waals surface area contributed by atoms with Crippen LogP contribution in [0.25, 0.3) is 0 Å². The molecule has 1 aromatic heterocycles. The third-order valence-corrected chi connectivity index (χ3v) is 3.11. The van der Waals surface area contributed by atoms with Gasteiger partial charge in [0.05, 0.1) is 11.9 Å². The molecule has 3 heteroatoms. The largest absolute Gasteiger partial charge is 0.377 e. The van der Waals surface area contributed by atoms with Crippen LogP contribution in [0.2, 0.25) is 0 Å². The Morgan fingerprint density at radius 2 is 1.94 bits per heavy atom. The summed E-state index contributed by atoms with van der Waals surface area (Å²) in [5, 5.41) is 3.34. The van der Waals surface area contributed by atoms with Crippen LogP contribution in [-0.2, 0) is 0 Å². The number of anilines is 1. The maximum absolute atomic E-state index is 13.5. The molecule has 0 amide bonds. The molecule has 0 fully saturated rings. The molecule has 1 heterocycles. The average Bonchev–Trinajstić information content (AvgIpc) is 2.35. The van der Waals surface area contributed by atoms with Crippen LogP contribution in [0.3, 0.4) is 0 Å². The number of nitrogens with zero attached hydrogens (tertiary/aromatic N) is 1. The molecule has 1 atom stereocenters. The third-order valence-electron chi connectivity index (χ3n) is 3.11.